The van der Waals surface area contributed by atoms with Gasteiger partial charge in [-0.2, -0.15) is 0 Å². The van der Waals surface area contributed by atoms with Crippen molar-refractivity contribution in [2.45, 2.75) is 65.0 Å². The maximum absolute atomic E-state index is 9.19. The standard InChI is InChI=1S/C26H38N2O4.C10H12O.C2H2/c1-6-28(22-10-12-25(29-4)26(17-22)30-5)18-21-9-11-23(16-20(21)2)32-15-13-27(3)19-24-8-7-14-31-24;11-10-6-5-8-3-1-2-4-9(8)7-10;1-2/h9-12,16-17,24H,6-8,13-15,18-19H2,1-5H3;5-7,11H,1-4H2;1-2H/t24-;;/m1../s1. The molecule has 1 aliphatic heterocycles. The Morgan fingerprint density at radius 2 is 1.67 bits per heavy atom. The third-order valence-electron chi connectivity index (χ3n) is 8.40. The van der Waals surface area contributed by atoms with E-state index < -0.39 is 0 Å². The van der Waals surface area contributed by atoms with Gasteiger partial charge in [0, 0.05) is 44.5 Å². The van der Waals surface area contributed by atoms with Crippen molar-refractivity contribution in [2.24, 2.45) is 0 Å². The molecule has 0 spiro atoms. The van der Waals surface area contributed by atoms with Gasteiger partial charge in [0.2, 0.25) is 0 Å². The number of ether oxygens (including phenoxy) is 4. The van der Waals surface area contributed by atoms with Gasteiger partial charge in [-0.15, -0.1) is 12.8 Å². The summed E-state index contributed by atoms with van der Waals surface area (Å²) in [6, 6.07) is 18.2. The van der Waals surface area contributed by atoms with Crippen LogP contribution in [-0.2, 0) is 24.1 Å². The van der Waals surface area contributed by atoms with E-state index in [0.717, 1.165) is 62.1 Å². The van der Waals surface area contributed by atoms with Gasteiger partial charge in [-0.1, -0.05) is 12.1 Å². The quantitative estimate of drug-likeness (QED) is 0.219. The molecule has 0 aromatic heterocycles. The van der Waals surface area contributed by atoms with Crippen LogP contribution in [0.2, 0.25) is 0 Å². The van der Waals surface area contributed by atoms with Gasteiger partial charge in [-0.05, 0) is 118 Å². The van der Waals surface area contributed by atoms with Crippen LogP contribution in [0.15, 0.2) is 54.6 Å². The van der Waals surface area contributed by atoms with Gasteiger partial charge in [0.15, 0.2) is 11.5 Å². The second-order valence-corrected chi connectivity index (χ2v) is 11.5. The molecule has 1 fully saturated rings. The lowest BCUT2D eigenvalue weighted by atomic mass is 9.92. The van der Waals surface area contributed by atoms with Gasteiger partial charge >= 0.3 is 0 Å². The number of likely N-dealkylation sites (N-methyl/N-ethyl adjacent to an activating group) is 1. The third-order valence-corrected chi connectivity index (χ3v) is 8.40. The predicted molar refractivity (Wildman–Crippen MR) is 184 cm³/mol. The van der Waals surface area contributed by atoms with Crippen LogP contribution < -0.4 is 19.1 Å². The summed E-state index contributed by atoms with van der Waals surface area (Å²) in [5, 5.41) is 9.19. The molecule has 0 amide bonds. The Labute approximate surface area is 271 Å². The molecule has 244 valence electrons. The summed E-state index contributed by atoms with van der Waals surface area (Å²) in [7, 11) is 5.46. The normalized spacial score (nSPS) is 15.2. The fraction of sp³-hybridized carbons (Fsp3) is 0.474. The van der Waals surface area contributed by atoms with Crippen LogP contribution in [0.4, 0.5) is 5.69 Å². The van der Waals surface area contributed by atoms with E-state index in [1.54, 1.807) is 20.3 Å². The molecule has 3 aromatic carbocycles. The number of fused-ring (bicyclic) bond motifs is 1. The molecule has 45 heavy (non-hydrogen) atoms. The molecule has 0 unspecified atom stereocenters. The molecule has 3 aromatic rings. The first-order valence-electron chi connectivity index (χ1n) is 16.0. The second-order valence-electron chi connectivity index (χ2n) is 11.5. The maximum atomic E-state index is 9.19. The molecule has 1 saturated heterocycles. The van der Waals surface area contributed by atoms with Crippen LogP contribution >= 0.6 is 0 Å². The number of terminal acetylenes is 1. The zero-order chi connectivity index (χ0) is 32.6. The summed E-state index contributed by atoms with van der Waals surface area (Å²) >= 11 is 0. The third kappa shape index (κ3) is 10.9. The van der Waals surface area contributed by atoms with Crippen molar-refractivity contribution in [3.05, 3.63) is 76.9 Å². The van der Waals surface area contributed by atoms with Crippen molar-refractivity contribution >= 4 is 5.69 Å². The van der Waals surface area contributed by atoms with Gasteiger partial charge in [0.05, 0.1) is 20.3 Å². The number of hydrogen-bond donors (Lipinski definition) is 1. The fourth-order valence-electron chi connectivity index (χ4n) is 5.81. The van der Waals surface area contributed by atoms with E-state index in [0.29, 0.717) is 18.5 Å². The number of phenolic OH excluding ortho intramolecular Hbond substituents is 1. The average Bonchev–Trinajstić information content (AvgIpc) is 3.58. The molecule has 1 N–H and O–H groups in total. The van der Waals surface area contributed by atoms with Crippen LogP contribution in [0.3, 0.4) is 0 Å². The summed E-state index contributed by atoms with van der Waals surface area (Å²) in [5.41, 5.74) is 6.39. The molecule has 0 bridgehead atoms. The van der Waals surface area contributed by atoms with Crippen molar-refractivity contribution in [1.82, 2.24) is 4.90 Å². The van der Waals surface area contributed by atoms with Crippen LogP contribution in [0.25, 0.3) is 0 Å². The molecular weight excluding hydrogens is 564 g/mol. The number of rotatable bonds is 12. The van der Waals surface area contributed by atoms with E-state index in [9.17, 15) is 5.11 Å². The summed E-state index contributed by atoms with van der Waals surface area (Å²) in [5.74, 6) is 2.82. The van der Waals surface area contributed by atoms with E-state index in [1.165, 1.54) is 54.4 Å². The minimum Gasteiger partial charge on any atom is -0.508 e. The second kappa shape index (κ2) is 18.8. The van der Waals surface area contributed by atoms with Crippen molar-refractivity contribution in [1.29, 1.82) is 0 Å². The number of anilines is 1. The van der Waals surface area contributed by atoms with E-state index in [-0.39, 0.29) is 0 Å². The summed E-state index contributed by atoms with van der Waals surface area (Å²) in [6.45, 7) is 9.47. The fourth-order valence-corrected chi connectivity index (χ4v) is 5.81. The first-order chi connectivity index (χ1) is 21.9. The van der Waals surface area contributed by atoms with Crippen molar-refractivity contribution in [3.63, 3.8) is 0 Å². The van der Waals surface area contributed by atoms with Crippen LogP contribution in [-0.4, -0.2) is 70.2 Å². The van der Waals surface area contributed by atoms with Gasteiger partial charge in [0.1, 0.15) is 18.1 Å². The number of methoxy groups -OCH3 is 2. The highest BCUT2D eigenvalue weighted by Gasteiger charge is 2.17. The highest BCUT2D eigenvalue weighted by molar-refractivity contribution is 5.57. The minimum absolute atomic E-state index is 0.383. The molecule has 2 aliphatic rings. The van der Waals surface area contributed by atoms with Crippen LogP contribution in [0.1, 0.15) is 54.9 Å². The number of aryl methyl sites for hydroxylation is 3. The molecule has 5 rings (SSSR count). The largest absolute Gasteiger partial charge is 0.508 e. The Hall–Kier alpha value is -3.86. The SMILES string of the molecule is C#C.CCN(Cc1ccc(OCCN(C)C[C@H]2CCCO2)cc1C)c1ccc(OC)c(OC)c1.Oc1ccc2c(c1)CCCC2. The Kier molecular flexibility index (Phi) is 14.9. The Balaban J connectivity index is 0.000000352. The Bertz CT molecular complexity index is 1330. The van der Waals surface area contributed by atoms with E-state index in [2.05, 4.69) is 67.8 Å². The zero-order valence-corrected chi connectivity index (χ0v) is 27.9. The first-order valence-corrected chi connectivity index (χ1v) is 16.0. The van der Waals surface area contributed by atoms with Gasteiger partial charge in [0.25, 0.3) is 0 Å². The van der Waals surface area contributed by atoms with Crippen LogP contribution in [0.5, 0.6) is 23.0 Å². The Morgan fingerprint density at radius 1 is 0.911 bits per heavy atom. The van der Waals surface area contributed by atoms with E-state index >= 15 is 0 Å². The molecule has 0 saturated carbocycles. The molecule has 7 heteroatoms. The highest BCUT2D eigenvalue weighted by Crippen LogP contribution is 2.32. The topological polar surface area (TPSA) is 63.6 Å². The highest BCUT2D eigenvalue weighted by atomic mass is 16.5. The lowest BCUT2D eigenvalue weighted by molar-refractivity contribution is 0.0771. The monoisotopic (exact) mass is 616 g/mol. The lowest BCUT2D eigenvalue weighted by Crippen LogP contribution is -2.32. The molecule has 1 heterocycles. The average molecular weight is 617 g/mol. The first kappa shape index (κ1) is 35.6. The van der Waals surface area contributed by atoms with Gasteiger partial charge < -0.3 is 33.9 Å². The number of benzene rings is 3. The zero-order valence-electron chi connectivity index (χ0n) is 27.9. The minimum atomic E-state index is 0.383. The maximum Gasteiger partial charge on any atom is 0.162 e. The van der Waals surface area contributed by atoms with Crippen molar-refractivity contribution in [3.8, 4) is 35.8 Å². The van der Waals surface area contributed by atoms with Crippen molar-refractivity contribution in [2.75, 3.05) is 59.0 Å². The summed E-state index contributed by atoms with van der Waals surface area (Å²) in [6.07, 6.45) is 15.6. The molecular formula is C38H52N2O5. The molecule has 1 atom stereocenters. The van der Waals surface area contributed by atoms with Crippen LogP contribution in [0, 0.1) is 19.8 Å². The van der Waals surface area contributed by atoms with E-state index in [1.807, 2.05) is 24.3 Å². The number of hydrogen-bond acceptors (Lipinski definition) is 7. The van der Waals surface area contributed by atoms with Gasteiger partial charge in [-0.25, -0.2) is 0 Å². The lowest BCUT2D eigenvalue weighted by Gasteiger charge is -2.25. The number of nitrogens with zero attached hydrogens (tertiary/aromatic N) is 2. The predicted octanol–water partition coefficient (Wildman–Crippen LogP) is 7.05. The molecule has 7 nitrogen and oxygen atoms in total. The summed E-state index contributed by atoms with van der Waals surface area (Å²) < 4.78 is 22.6. The molecule has 0 radical (unpaired) electrons. The van der Waals surface area contributed by atoms with Gasteiger partial charge in [-0.3, -0.25) is 0 Å². The number of phenols is 1. The smallest absolute Gasteiger partial charge is 0.162 e. The van der Waals surface area contributed by atoms with Crippen molar-refractivity contribution < 1.29 is 24.1 Å². The number of aromatic hydroxyl groups is 1. The summed E-state index contributed by atoms with van der Waals surface area (Å²) in [4.78, 5) is 4.62. The Morgan fingerprint density at radius 3 is 2.33 bits per heavy atom. The molecule has 1 aliphatic carbocycles. The van der Waals surface area contributed by atoms with E-state index in [4.69, 9.17) is 18.9 Å².